The Labute approximate surface area is 103 Å². The SMILES string of the molecule is CCNCC(=O)Nc1c(Cl)cc(F)cc1Cl. The molecule has 1 amide bonds. The van der Waals surface area contributed by atoms with Gasteiger partial charge in [-0.25, -0.2) is 4.39 Å². The van der Waals surface area contributed by atoms with Crippen molar-refractivity contribution < 1.29 is 9.18 Å². The van der Waals surface area contributed by atoms with Crippen molar-refractivity contribution >= 4 is 34.8 Å². The number of benzene rings is 1. The van der Waals surface area contributed by atoms with Gasteiger partial charge in [0, 0.05) is 0 Å². The standard InChI is InChI=1S/C10H11Cl2FN2O/c1-2-14-5-9(16)15-10-7(11)3-6(13)4-8(10)12/h3-4,14H,2,5H2,1H3,(H,15,16). The molecule has 0 aliphatic heterocycles. The van der Waals surface area contributed by atoms with Gasteiger partial charge in [0.25, 0.3) is 0 Å². The van der Waals surface area contributed by atoms with Gasteiger partial charge in [-0.3, -0.25) is 4.79 Å². The van der Waals surface area contributed by atoms with Gasteiger partial charge in [-0.05, 0) is 18.7 Å². The molecule has 0 aliphatic carbocycles. The van der Waals surface area contributed by atoms with E-state index >= 15 is 0 Å². The monoisotopic (exact) mass is 264 g/mol. The Hall–Kier alpha value is -0.840. The van der Waals surface area contributed by atoms with Crippen molar-refractivity contribution in [3.05, 3.63) is 28.0 Å². The van der Waals surface area contributed by atoms with Gasteiger partial charge in [-0.1, -0.05) is 30.1 Å². The first-order valence-electron chi connectivity index (χ1n) is 4.69. The summed E-state index contributed by atoms with van der Waals surface area (Å²) >= 11 is 11.5. The topological polar surface area (TPSA) is 41.1 Å². The van der Waals surface area contributed by atoms with Crippen LogP contribution in [0.25, 0.3) is 0 Å². The number of hydrogen-bond donors (Lipinski definition) is 2. The molecule has 0 heterocycles. The van der Waals surface area contributed by atoms with E-state index in [0.717, 1.165) is 12.1 Å². The smallest absolute Gasteiger partial charge is 0.238 e. The van der Waals surface area contributed by atoms with E-state index in [1.807, 2.05) is 6.92 Å². The van der Waals surface area contributed by atoms with Gasteiger partial charge in [0.15, 0.2) is 0 Å². The largest absolute Gasteiger partial charge is 0.322 e. The molecule has 6 heteroatoms. The van der Waals surface area contributed by atoms with Crippen molar-refractivity contribution in [2.24, 2.45) is 0 Å². The lowest BCUT2D eigenvalue weighted by Gasteiger charge is -2.09. The highest BCUT2D eigenvalue weighted by Crippen LogP contribution is 2.31. The van der Waals surface area contributed by atoms with E-state index in [2.05, 4.69) is 10.6 Å². The maximum Gasteiger partial charge on any atom is 0.238 e. The first-order valence-corrected chi connectivity index (χ1v) is 5.45. The molecule has 1 aromatic rings. The fourth-order valence-electron chi connectivity index (χ4n) is 1.08. The third-order valence-corrected chi connectivity index (χ3v) is 2.40. The van der Waals surface area contributed by atoms with E-state index < -0.39 is 5.82 Å². The first-order chi connectivity index (χ1) is 7.54. The lowest BCUT2D eigenvalue weighted by Crippen LogP contribution is -2.27. The van der Waals surface area contributed by atoms with Crippen LogP contribution in [0.3, 0.4) is 0 Å². The van der Waals surface area contributed by atoms with Crippen LogP contribution >= 0.6 is 23.2 Å². The van der Waals surface area contributed by atoms with Crippen molar-refractivity contribution in [2.45, 2.75) is 6.92 Å². The predicted molar refractivity (Wildman–Crippen MR) is 63.6 cm³/mol. The van der Waals surface area contributed by atoms with Crippen LogP contribution in [-0.2, 0) is 4.79 Å². The number of likely N-dealkylation sites (N-methyl/N-ethyl adjacent to an activating group) is 1. The molecule has 0 radical (unpaired) electrons. The van der Waals surface area contributed by atoms with Crippen LogP contribution < -0.4 is 10.6 Å². The number of halogens is 3. The normalized spacial score (nSPS) is 10.2. The molecule has 0 saturated heterocycles. The zero-order valence-electron chi connectivity index (χ0n) is 8.61. The Morgan fingerprint density at radius 2 is 1.94 bits per heavy atom. The van der Waals surface area contributed by atoms with Crippen LogP contribution in [0.1, 0.15) is 6.92 Å². The summed E-state index contributed by atoms with van der Waals surface area (Å²) in [5.74, 6) is -0.822. The molecule has 0 bridgehead atoms. The van der Waals surface area contributed by atoms with Crippen LogP contribution in [0.15, 0.2) is 12.1 Å². The second-order valence-corrected chi connectivity index (χ2v) is 3.89. The Balaban J connectivity index is 2.77. The number of carbonyl (C=O) groups is 1. The number of carbonyl (C=O) groups excluding carboxylic acids is 1. The molecule has 0 atom stereocenters. The minimum Gasteiger partial charge on any atom is -0.322 e. The highest BCUT2D eigenvalue weighted by atomic mass is 35.5. The van der Waals surface area contributed by atoms with E-state index in [-0.39, 0.29) is 28.2 Å². The molecule has 0 aromatic heterocycles. The first kappa shape index (κ1) is 13.2. The third-order valence-electron chi connectivity index (χ3n) is 1.81. The maximum atomic E-state index is 12.9. The zero-order chi connectivity index (χ0) is 12.1. The van der Waals surface area contributed by atoms with Gasteiger partial charge in [-0.15, -0.1) is 0 Å². The van der Waals surface area contributed by atoms with E-state index in [1.54, 1.807) is 0 Å². The summed E-state index contributed by atoms with van der Waals surface area (Å²) in [5.41, 5.74) is 0.229. The summed E-state index contributed by atoms with van der Waals surface area (Å²) in [7, 11) is 0. The van der Waals surface area contributed by atoms with Crippen molar-refractivity contribution in [1.29, 1.82) is 0 Å². The molecular weight excluding hydrogens is 254 g/mol. The second kappa shape index (κ2) is 6.03. The van der Waals surface area contributed by atoms with Gasteiger partial charge < -0.3 is 10.6 Å². The lowest BCUT2D eigenvalue weighted by atomic mass is 10.3. The predicted octanol–water partition coefficient (Wildman–Crippen LogP) is 2.68. The molecule has 0 saturated carbocycles. The fraction of sp³-hybridized carbons (Fsp3) is 0.300. The fourth-order valence-corrected chi connectivity index (χ4v) is 1.64. The molecule has 0 spiro atoms. The quantitative estimate of drug-likeness (QED) is 0.878. The Kier molecular flexibility index (Phi) is 4.99. The Bertz CT molecular complexity index is 375. The Morgan fingerprint density at radius 3 is 2.44 bits per heavy atom. The van der Waals surface area contributed by atoms with Crippen molar-refractivity contribution in [3.63, 3.8) is 0 Å². The summed E-state index contributed by atoms with van der Waals surface area (Å²) < 4.78 is 12.9. The van der Waals surface area contributed by atoms with Gasteiger partial charge in [0.2, 0.25) is 5.91 Å². The zero-order valence-corrected chi connectivity index (χ0v) is 10.1. The number of rotatable bonds is 4. The van der Waals surface area contributed by atoms with Crippen LogP contribution in [0.4, 0.5) is 10.1 Å². The Morgan fingerprint density at radius 1 is 1.38 bits per heavy atom. The summed E-state index contributed by atoms with van der Waals surface area (Å²) in [6.07, 6.45) is 0. The number of anilines is 1. The highest BCUT2D eigenvalue weighted by Gasteiger charge is 2.11. The summed E-state index contributed by atoms with van der Waals surface area (Å²) in [6.45, 7) is 2.71. The van der Waals surface area contributed by atoms with E-state index in [4.69, 9.17) is 23.2 Å². The lowest BCUT2D eigenvalue weighted by molar-refractivity contribution is -0.115. The third kappa shape index (κ3) is 3.63. The second-order valence-electron chi connectivity index (χ2n) is 3.07. The van der Waals surface area contributed by atoms with E-state index in [1.165, 1.54) is 0 Å². The van der Waals surface area contributed by atoms with E-state index in [9.17, 15) is 9.18 Å². The van der Waals surface area contributed by atoms with Crippen LogP contribution in [0.2, 0.25) is 10.0 Å². The molecule has 1 rings (SSSR count). The average Bonchev–Trinajstić information content (AvgIpc) is 2.20. The highest BCUT2D eigenvalue weighted by molar-refractivity contribution is 6.39. The van der Waals surface area contributed by atoms with Gasteiger partial charge in [-0.2, -0.15) is 0 Å². The van der Waals surface area contributed by atoms with Crippen LogP contribution in [0.5, 0.6) is 0 Å². The molecule has 1 aromatic carbocycles. The van der Waals surface area contributed by atoms with Crippen molar-refractivity contribution in [2.75, 3.05) is 18.4 Å². The molecule has 16 heavy (non-hydrogen) atoms. The molecule has 2 N–H and O–H groups in total. The van der Waals surface area contributed by atoms with Gasteiger partial charge in [0.1, 0.15) is 5.82 Å². The molecule has 0 unspecified atom stereocenters. The van der Waals surface area contributed by atoms with Gasteiger partial charge >= 0.3 is 0 Å². The summed E-state index contributed by atoms with van der Waals surface area (Å²) in [5, 5.41) is 5.51. The van der Waals surface area contributed by atoms with Crippen molar-refractivity contribution in [3.8, 4) is 0 Å². The van der Waals surface area contributed by atoms with Crippen LogP contribution in [-0.4, -0.2) is 19.0 Å². The van der Waals surface area contributed by atoms with E-state index in [0.29, 0.717) is 6.54 Å². The minimum atomic E-state index is -0.542. The van der Waals surface area contributed by atoms with Gasteiger partial charge in [0.05, 0.1) is 22.3 Å². The average molecular weight is 265 g/mol. The molecule has 3 nitrogen and oxygen atoms in total. The molecule has 0 aliphatic rings. The summed E-state index contributed by atoms with van der Waals surface area (Å²) in [4.78, 5) is 11.4. The number of nitrogens with one attached hydrogen (secondary N) is 2. The summed E-state index contributed by atoms with van der Waals surface area (Å²) in [6, 6.07) is 2.19. The number of amides is 1. The molecule has 88 valence electrons. The maximum absolute atomic E-state index is 12.9. The molecule has 0 fully saturated rings. The van der Waals surface area contributed by atoms with Crippen molar-refractivity contribution in [1.82, 2.24) is 5.32 Å². The minimum absolute atomic E-state index is 0.0786. The van der Waals surface area contributed by atoms with Crippen LogP contribution in [0, 0.1) is 5.82 Å². The molecular formula is C10H11Cl2FN2O. The number of hydrogen-bond acceptors (Lipinski definition) is 2.